The first-order valence-corrected chi connectivity index (χ1v) is 8.90. The van der Waals surface area contributed by atoms with Crippen molar-refractivity contribution in [3.05, 3.63) is 35.4 Å². The number of rotatable bonds is 10. The molecule has 1 aliphatic rings. The number of hydrogen-bond donors (Lipinski definition) is 1. The van der Waals surface area contributed by atoms with Gasteiger partial charge in [-0.2, -0.15) is 8.78 Å². The molecule has 0 saturated heterocycles. The highest BCUT2D eigenvalue weighted by molar-refractivity contribution is 6.21. The van der Waals surface area contributed by atoms with E-state index < -0.39 is 29.7 Å². The maximum Gasteiger partial charge on any atom is 0.376 e. The molecule has 0 radical (unpaired) electrons. The minimum Gasteiger partial charge on any atom is -0.477 e. The summed E-state index contributed by atoms with van der Waals surface area (Å²) in [5.74, 6) is -8.24. The summed E-state index contributed by atoms with van der Waals surface area (Å²) in [6.45, 7) is 2.06. The summed E-state index contributed by atoms with van der Waals surface area (Å²) in [4.78, 5) is 36.5. The number of carboxylic acid groups (broad SMARTS) is 1. The Kier molecular flexibility index (Phi) is 6.45. The van der Waals surface area contributed by atoms with E-state index in [-0.39, 0.29) is 17.5 Å². The van der Waals surface area contributed by atoms with Crippen LogP contribution in [0.4, 0.5) is 8.78 Å². The van der Waals surface area contributed by atoms with Crippen LogP contribution in [0.5, 0.6) is 0 Å². The quantitative estimate of drug-likeness (QED) is 0.499. The van der Waals surface area contributed by atoms with Crippen molar-refractivity contribution in [3.8, 4) is 0 Å². The summed E-state index contributed by atoms with van der Waals surface area (Å²) in [6, 6.07) is 3.85. The fraction of sp³-hybridized carbons (Fsp3) is 0.526. The van der Waals surface area contributed by atoms with Gasteiger partial charge in [-0.1, -0.05) is 57.6 Å². The van der Waals surface area contributed by atoms with Gasteiger partial charge >= 0.3 is 11.9 Å². The topological polar surface area (TPSA) is 74.7 Å². The molecule has 7 heteroatoms. The predicted molar refractivity (Wildman–Crippen MR) is 91.3 cm³/mol. The molecule has 5 nitrogen and oxygen atoms in total. The molecular formula is C19H23F2NO4. The van der Waals surface area contributed by atoms with Gasteiger partial charge in [0.05, 0.1) is 11.1 Å². The predicted octanol–water partition coefficient (Wildman–Crippen LogP) is 4.12. The molecule has 1 unspecified atom stereocenters. The smallest absolute Gasteiger partial charge is 0.376 e. The molecule has 0 fully saturated rings. The first kappa shape index (κ1) is 20.0. The van der Waals surface area contributed by atoms with Gasteiger partial charge in [0.25, 0.3) is 11.8 Å². The summed E-state index contributed by atoms with van der Waals surface area (Å²) in [7, 11) is 0. The molecule has 2 rings (SSSR count). The Morgan fingerprint density at radius 3 is 2.04 bits per heavy atom. The number of alkyl halides is 2. The van der Waals surface area contributed by atoms with Crippen LogP contribution in [0.15, 0.2) is 24.3 Å². The second-order valence-electron chi connectivity index (χ2n) is 6.53. The highest BCUT2D eigenvalue weighted by Gasteiger charge is 2.55. The highest BCUT2D eigenvalue weighted by atomic mass is 19.3. The molecule has 1 atom stereocenters. The fourth-order valence-corrected chi connectivity index (χ4v) is 3.22. The van der Waals surface area contributed by atoms with E-state index in [9.17, 15) is 23.2 Å². The summed E-state index contributed by atoms with van der Waals surface area (Å²) in [5, 5.41) is 8.93. The third-order valence-electron chi connectivity index (χ3n) is 4.67. The number of imide groups is 1. The molecule has 0 aromatic heterocycles. The number of carboxylic acids is 1. The Hall–Kier alpha value is -2.31. The first-order valence-electron chi connectivity index (χ1n) is 8.90. The number of unbranched alkanes of at least 4 members (excludes halogenated alkanes) is 5. The number of hydrogen-bond acceptors (Lipinski definition) is 3. The third kappa shape index (κ3) is 3.92. The Morgan fingerprint density at radius 1 is 1.04 bits per heavy atom. The Balaban J connectivity index is 2.18. The van der Waals surface area contributed by atoms with Gasteiger partial charge in [-0.3, -0.25) is 14.5 Å². The fourth-order valence-electron chi connectivity index (χ4n) is 3.22. The Morgan fingerprint density at radius 2 is 1.54 bits per heavy atom. The van der Waals surface area contributed by atoms with Crippen molar-refractivity contribution >= 4 is 17.8 Å². The lowest BCUT2D eigenvalue weighted by Crippen LogP contribution is -2.54. The van der Waals surface area contributed by atoms with Crippen LogP contribution in [0.1, 0.15) is 72.6 Å². The minimum atomic E-state index is -4.20. The lowest BCUT2D eigenvalue weighted by atomic mass is 9.99. The van der Waals surface area contributed by atoms with Crippen LogP contribution in [0.3, 0.4) is 0 Å². The minimum absolute atomic E-state index is 0.0339. The van der Waals surface area contributed by atoms with Crippen molar-refractivity contribution in [3.63, 3.8) is 0 Å². The zero-order valence-electron chi connectivity index (χ0n) is 14.7. The van der Waals surface area contributed by atoms with Crippen LogP contribution < -0.4 is 0 Å². The van der Waals surface area contributed by atoms with Crippen molar-refractivity contribution in [2.45, 2.75) is 63.8 Å². The SMILES string of the molecule is CCCCCCCCC(N1C(=O)c2ccccc2C1=O)C(F)(F)C(=O)O. The van der Waals surface area contributed by atoms with E-state index >= 15 is 0 Å². The number of carbonyl (C=O) groups is 3. The number of carbonyl (C=O) groups excluding carboxylic acids is 2. The summed E-state index contributed by atoms with van der Waals surface area (Å²) < 4.78 is 28.6. The molecule has 1 aromatic carbocycles. The van der Waals surface area contributed by atoms with Gasteiger partial charge in [0.1, 0.15) is 6.04 Å². The van der Waals surface area contributed by atoms with Gasteiger partial charge in [0.2, 0.25) is 0 Å². The van der Waals surface area contributed by atoms with Gasteiger partial charge < -0.3 is 5.11 Å². The molecule has 2 amide bonds. The van der Waals surface area contributed by atoms with Crippen LogP contribution in [0.25, 0.3) is 0 Å². The van der Waals surface area contributed by atoms with Crippen LogP contribution in [0, 0.1) is 0 Å². The highest BCUT2D eigenvalue weighted by Crippen LogP contribution is 2.34. The molecular weight excluding hydrogens is 344 g/mol. The van der Waals surface area contributed by atoms with Crippen LogP contribution in [0.2, 0.25) is 0 Å². The molecule has 0 bridgehead atoms. The molecule has 142 valence electrons. The maximum absolute atomic E-state index is 14.3. The average molecular weight is 367 g/mol. The largest absolute Gasteiger partial charge is 0.477 e. The van der Waals surface area contributed by atoms with Crippen LogP contribution in [-0.4, -0.2) is 39.8 Å². The van der Waals surface area contributed by atoms with E-state index in [1.54, 1.807) is 0 Å². The number of halogens is 2. The van der Waals surface area contributed by atoms with Crippen LogP contribution in [-0.2, 0) is 4.79 Å². The van der Waals surface area contributed by atoms with E-state index in [1.807, 2.05) is 0 Å². The molecule has 0 saturated carbocycles. The second-order valence-corrected chi connectivity index (χ2v) is 6.53. The van der Waals surface area contributed by atoms with Crippen LogP contribution >= 0.6 is 0 Å². The van der Waals surface area contributed by atoms with E-state index in [0.29, 0.717) is 17.7 Å². The number of aliphatic carboxylic acids is 1. The monoisotopic (exact) mass is 367 g/mol. The average Bonchev–Trinajstić information content (AvgIpc) is 2.86. The number of amides is 2. The van der Waals surface area contributed by atoms with Gasteiger partial charge in [-0.15, -0.1) is 0 Å². The van der Waals surface area contributed by atoms with Crippen molar-refractivity contribution in [2.24, 2.45) is 0 Å². The number of benzene rings is 1. The summed E-state index contributed by atoms with van der Waals surface area (Å²) in [5.41, 5.74) is 0.0678. The van der Waals surface area contributed by atoms with E-state index in [1.165, 1.54) is 24.3 Å². The van der Waals surface area contributed by atoms with Gasteiger partial charge in [0.15, 0.2) is 0 Å². The number of nitrogens with zero attached hydrogens (tertiary/aromatic N) is 1. The maximum atomic E-state index is 14.3. The van der Waals surface area contributed by atoms with Crippen molar-refractivity contribution < 1.29 is 28.3 Å². The molecule has 1 heterocycles. The Bertz CT molecular complexity index is 655. The second kappa shape index (κ2) is 8.38. The third-order valence-corrected chi connectivity index (χ3v) is 4.67. The molecule has 26 heavy (non-hydrogen) atoms. The zero-order chi connectivity index (χ0) is 19.3. The Labute approximate surface area is 151 Å². The van der Waals surface area contributed by atoms with Gasteiger partial charge in [-0.05, 0) is 18.6 Å². The van der Waals surface area contributed by atoms with Crippen molar-refractivity contribution in [2.75, 3.05) is 0 Å². The lowest BCUT2D eigenvalue weighted by molar-refractivity contribution is -0.172. The molecule has 0 aliphatic carbocycles. The standard InChI is InChI=1S/C19H23F2NO4/c1-2-3-4-5-6-7-12-15(19(20,21)18(25)26)22-16(23)13-10-8-9-11-14(13)17(22)24/h8-11,15H,2-7,12H2,1H3,(H,25,26). The normalized spacial score (nSPS) is 15.3. The van der Waals surface area contributed by atoms with E-state index in [4.69, 9.17) is 5.11 Å². The molecule has 1 aliphatic heterocycles. The van der Waals surface area contributed by atoms with E-state index in [2.05, 4.69) is 6.92 Å². The molecule has 0 spiro atoms. The van der Waals surface area contributed by atoms with Crippen molar-refractivity contribution in [1.82, 2.24) is 4.90 Å². The van der Waals surface area contributed by atoms with Crippen molar-refractivity contribution in [1.29, 1.82) is 0 Å². The summed E-state index contributed by atoms with van der Waals surface area (Å²) in [6.07, 6.45) is 4.66. The number of fused-ring (bicyclic) bond motifs is 1. The molecule has 1 aromatic rings. The van der Waals surface area contributed by atoms with Gasteiger partial charge in [-0.25, -0.2) is 4.79 Å². The summed E-state index contributed by atoms with van der Waals surface area (Å²) >= 11 is 0. The van der Waals surface area contributed by atoms with Gasteiger partial charge in [0, 0.05) is 0 Å². The first-order chi connectivity index (χ1) is 12.3. The van der Waals surface area contributed by atoms with E-state index in [0.717, 1.165) is 25.7 Å². The zero-order valence-corrected chi connectivity index (χ0v) is 14.7. The molecule has 1 N–H and O–H groups in total. The lowest BCUT2D eigenvalue weighted by Gasteiger charge is -2.30.